The zero-order valence-electron chi connectivity index (χ0n) is 10.3. The Labute approximate surface area is 112 Å². The van der Waals surface area contributed by atoms with Gasteiger partial charge in [-0.1, -0.05) is 18.2 Å². The van der Waals surface area contributed by atoms with Crippen molar-refractivity contribution in [2.45, 2.75) is 0 Å². The van der Waals surface area contributed by atoms with Crippen LogP contribution in [-0.4, -0.2) is 20.2 Å². The van der Waals surface area contributed by atoms with Gasteiger partial charge in [-0.3, -0.25) is 0 Å². The van der Waals surface area contributed by atoms with Gasteiger partial charge < -0.3 is 0 Å². The second kappa shape index (κ2) is 4.03. The molecule has 2 aromatic heterocycles. The molecule has 2 heterocycles. The van der Waals surface area contributed by atoms with E-state index in [-0.39, 0.29) is 0 Å². The fourth-order valence-electron chi connectivity index (χ4n) is 2.43. The molecule has 0 radical (unpaired) electrons. The van der Waals surface area contributed by atoms with Gasteiger partial charge in [0.15, 0.2) is 0 Å². The van der Waals surface area contributed by atoms with Crippen LogP contribution in [-0.2, 0) is 0 Å². The summed E-state index contributed by atoms with van der Waals surface area (Å²) in [4.78, 5) is 18.9. The van der Waals surface area contributed by atoms with E-state index in [0.717, 1.165) is 27.1 Å². The molecule has 5 heteroatoms. The fraction of sp³-hybridized carbons (Fsp3) is 0. The largest absolute Gasteiger partial charge is 0.367 e. The summed E-state index contributed by atoms with van der Waals surface area (Å²) in [5, 5.41) is 12.0. The molecule has 0 spiro atoms. The highest BCUT2D eigenvalue weighted by molar-refractivity contribution is 6.14. The zero-order chi connectivity index (χ0) is 13.5. The molecule has 94 valence electrons. The van der Waals surface area contributed by atoms with Crippen LogP contribution in [0.25, 0.3) is 32.6 Å². The van der Waals surface area contributed by atoms with E-state index in [4.69, 9.17) is 0 Å². The molecule has 0 amide bonds. The summed E-state index contributed by atoms with van der Waals surface area (Å²) in [5.74, 6) is 0. The lowest BCUT2D eigenvalue weighted by Crippen LogP contribution is -2.08. The minimum atomic E-state index is -0.469. The average Bonchev–Trinajstić information content (AvgIpc) is 2.71. The van der Waals surface area contributed by atoms with E-state index in [1.54, 1.807) is 12.4 Å². The van der Waals surface area contributed by atoms with Crippen LogP contribution in [0.15, 0.2) is 53.6 Å². The maximum absolute atomic E-state index is 11.2. The van der Waals surface area contributed by atoms with Crippen molar-refractivity contribution in [1.29, 1.82) is 0 Å². The molecule has 4 rings (SSSR count). The van der Waals surface area contributed by atoms with Gasteiger partial charge in [0.2, 0.25) is 0 Å². The molecule has 0 unspecified atom stereocenters. The average molecular weight is 260 g/mol. The SMILES string of the molecule is O=c1ncc2c(ccc3c2ccc2cccnnc23)n1. The third kappa shape index (κ3) is 1.53. The van der Waals surface area contributed by atoms with Gasteiger partial charge in [0.05, 0.1) is 5.52 Å². The molecule has 0 saturated carbocycles. The molecule has 0 aliphatic rings. The Morgan fingerprint density at radius 3 is 2.75 bits per heavy atom. The van der Waals surface area contributed by atoms with Crippen molar-refractivity contribution in [3.05, 3.63) is 59.3 Å². The van der Waals surface area contributed by atoms with Crippen LogP contribution < -0.4 is 5.69 Å². The quantitative estimate of drug-likeness (QED) is 0.453. The van der Waals surface area contributed by atoms with Gasteiger partial charge in [0.25, 0.3) is 0 Å². The van der Waals surface area contributed by atoms with Gasteiger partial charge in [0.1, 0.15) is 5.52 Å². The first-order chi connectivity index (χ1) is 9.83. The van der Waals surface area contributed by atoms with Crippen molar-refractivity contribution in [3.63, 3.8) is 0 Å². The lowest BCUT2D eigenvalue weighted by molar-refractivity contribution is 1.09. The predicted molar refractivity (Wildman–Crippen MR) is 76.4 cm³/mol. The van der Waals surface area contributed by atoms with E-state index in [9.17, 15) is 4.79 Å². The van der Waals surface area contributed by atoms with Crippen LogP contribution in [0.5, 0.6) is 0 Å². The molecule has 0 fully saturated rings. The standard InChI is InChI=1S/C15H8N4O/c20-15-16-8-12-10-4-3-9-2-1-7-17-19-14(9)11(10)5-6-13(12)18-15/h1-8H. The lowest BCUT2D eigenvalue weighted by Gasteiger charge is -2.03. The first-order valence-electron chi connectivity index (χ1n) is 6.13. The molecule has 20 heavy (non-hydrogen) atoms. The smallest absolute Gasteiger partial charge is 0.244 e. The molecule has 0 atom stereocenters. The summed E-state index contributed by atoms with van der Waals surface area (Å²) < 4.78 is 0. The summed E-state index contributed by atoms with van der Waals surface area (Å²) in [6.45, 7) is 0. The Morgan fingerprint density at radius 2 is 1.80 bits per heavy atom. The van der Waals surface area contributed by atoms with E-state index < -0.39 is 5.69 Å². The van der Waals surface area contributed by atoms with Crippen molar-refractivity contribution < 1.29 is 0 Å². The molecule has 4 aromatic rings. The molecule has 5 nitrogen and oxygen atoms in total. The molecule has 0 N–H and O–H groups in total. The van der Waals surface area contributed by atoms with E-state index in [1.807, 2.05) is 36.4 Å². The summed E-state index contributed by atoms with van der Waals surface area (Å²) >= 11 is 0. The van der Waals surface area contributed by atoms with Gasteiger partial charge in [-0.15, -0.1) is 5.10 Å². The van der Waals surface area contributed by atoms with Crippen LogP contribution >= 0.6 is 0 Å². The lowest BCUT2D eigenvalue weighted by atomic mass is 10.0. The highest BCUT2D eigenvalue weighted by atomic mass is 16.1. The van der Waals surface area contributed by atoms with E-state index in [1.165, 1.54) is 0 Å². The first-order valence-corrected chi connectivity index (χ1v) is 6.13. The summed E-state index contributed by atoms with van der Waals surface area (Å²) in [5.41, 5.74) is 0.995. The minimum absolute atomic E-state index is 0.469. The Kier molecular flexibility index (Phi) is 2.20. The monoisotopic (exact) mass is 260 g/mol. The third-order valence-corrected chi connectivity index (χ3v) is 3.33. The van der Waals surface area contributed by atoms with Gasteiger partial charge in [-0.05, 0) is 23.6 Å². The number of hydrogen-bond acceptors (Lipinski definition) is 5. The third-order valence-electron chi connectivity index (χ3n) is 3.33. The van der Waals surface area contributed by atoms with Crippen molar-refractivity contribution in [2.24, 2.45) is 0 Å². The highest BCUT2D eigenvalue weighted by Crippen LogP contribution is 2.27. The van der Waals surface area contributed by atoms with E-state index in [2.05, 4.69) is 20.2 Å². The van der Waals surface area contributed by atoms with Gasteiger partial charge in [-0.25, -0.2) is 4.79 Å². The van der Waals surface area contributed by atoms with Crippen LogP contribution in [0.4, 0.5) is 0 Å². The molecule has 0 bridgehead atoms. The number of benzene rings is 2. The number of rotatable bonds is 0. The number of fused-ring (bicyclic) bond motifs is 5. The second-order valence-corrected chi connectivity index (χ2v) is 4.47. The number of aromatic nitrogens is 4. The van der Waals surface area contributed by atoms with Crippen LogP contribution in [0.1, 0.15) is 0 Å². The predicted octanol–water partition coefficient (Wildman–Crippen LogP) is 2.09. The minimum Gasteiger partial charge on any atom is -0.244 e. The maximum atomic E-state index is 11.2. The Balaban J connectivity index is 2.28. The molecule has 0 aliphatic carbocycles. The van der Waals surface area contributed by atoms with Gasteiger partial charge >= 0.3 is 5.69 Å². The van der Waals surface area contributed by atoms with Crippen molar-refractivity contribution in [1.82, 2.24) is 20.2 Å². The molecule has 0 saturated heterocycles. The maximum Gasteiger partial charge on any atom is 0.367 e. The number of nitrogens with zero attached hydrogens (tertiary/aromatic N) is 4. The van der Waals surface area contributed by atoms with Crippen LogP contribution in [0.2, 0.25) is 0 Å². The van der Waals surface area contributed by atoms with E-state index in [0.29, 0.717) is 5.52 Å². The second-order valence-electron chi connectivity index (χ2n) is 4.47. The van der Waals surface area contributed by atoms with Gasteiger partial charge in [0, 0.05) is 28.6 Å². The molecular weight excluding hydrogens is 252 g/mol. The van der Waals surface area contributed by atoms with Crippen molar-refractivity contribution in [3.8, 4) is 0 Å². The highest BCUT2D eigenvalue weighted by Gasteiger charge is 2.06. The summed E-state index contributed by atoms with van der Waals surface area (Å²) in [6, 6.07) is 11.5. The molecule has 2 aromatic carbocycles. The van der Waals surface area contributed by atoms with Crippen molar-refractivity contribution >= 4 is 32.6 Å². The van der Waals surface area contributed by atoms with E-state index >= 15 is 0 Å². The van der Waals surface area contributed by atoms with Crippen molar-refractivity contribution in [2.75, 3.05) is 0 Å². The molecular formula is C15H8N4O. The van der Waals surface area contributed by atoms with Crippen LogP contribution in [0, 0.1) is 0 Å². The first kappa shape index (κ1) is 10.9. The fourth-order valence-corrected chi connectivity index (χ4v) is 2.43. The summed E-state index contributed by atoms with van der Waals surface area (Å²) in [7, 11) is 0. The normalized spacial score (nSPS) is 11.2. The topological polar surface area (TPSA) is 68.6 Å². The zero-order valence-corrected chi connectivity index (χ0v) is 10.3. The Hall–Kier alpha value is -2.95. The van der Waals surface area contributed by atoms with Gasteiger partial charge in [-0.2, -0.15) is 15.1 Å². The summed E-state index contributed by atoms with van der Waals surface area (Å²) in [6.07, 6.45) is 3.22. The van der Waals surface area contributed by atoms with Crippen LogP contribution in [0.3, 0.4) is 0 Å². The molecule has 0 aliphatic heterocycles. The Morgan fingerprint density at radius 1 is 0.900 bits per heavy atom. The Bertz CT molecular complexity index is 1030. The number of hydrogen-bond donors (Lipinski definition) is 0.